The summed E-state index contributed by atoms with van der Waals surface area (Å²) in [5.74, 6) is -0.596. The van der Waals surface area contributed by atoms with Gasteiger partial charge in [0, 0.05) is 5.75 Å². The van der Waals surface area contributed by atoms with Gasteiger partial charge in [0.05, 0.1) is 18.1 Å². The minimum absolute atomic E-state index is 0.0132. The zero-order chi connectivity index (χ0) is 12.7. The monoisotopic (exact) mass is 255 g/mol. The molecule has 0 saturated heterocycles. The summed E-state index contributed by atoms with van der Waals surface area (Å²) >= 11 is 1.34. The van der Waals surface area contributed by atoms with Crippen molar-refractivity contribution in [2.24, 2.45) is 0 Å². The molecule has 0 saturated carbocycles. The first-order chi connectivity index (χ1) is 8.13. The van der Waals surface area contributed by atoms with Gasteiger partial charge in [-0.25, -0.2) is 9.78 Å². The summed E-state index contributed by atoms with van der Waals surface area (Å²) in [6, 6.07) is 4.79. The number of carbonyl (C=O) groups is 2. The van der Waals surface area contributed by atoms with E-state index in [1.165, 1.54) is 17.8 Å². The fourth-order valence-electron chi connectivity index (χ4n) is 1.12. The molecule has 6 heteroatoms. The summed E-state index contributed by atoms with van der Waals surface area (Å²) in [6.07, 6.45) is 0. The first-order valence-electron chi connectivity index (χ1n) is 5.06. The summed E-state index contributed by atoms with van der Waals surface area (Å²) in [7, 11) is 0. The van der Waals surface area contributed by atoms with Crippen LogP contribution >= 0.6 is 11.8 Å². The molecule has 0 atom stereocenters. The predicted octanol–water partition coefficient (Wildman–Crippen LogP) is 1.58. The topological polar surface area (TPSA) is 76.5 Å². The molecule has 0 aliphatic rings. The first kappa shape index (κ1) is 13.5. The Kier molecular flexibility index (Phi) is 5.48. The van der Waals surface area contributed by atoms with Crippen LogP contribution in [0, 0.1) is 0 Å². The standard InChI is InChI=1S/C11H13NO4S/c1-2-16-10(13)7-17-6-8-4-3-5-9(12-8)11(14)15/h3-5H,2,6-7H2,1H3,(H,14,15). The lowest BCUT2D eigenvalue weighted by molar-refractivity contribution is -0.139. The highest BCUT2D eigenvalue weighted by atomic mass is 32.2. The quantitative estimate of drug-likeness (QED) is 0.778. The Bertz CT molecular complexity index is 408. The van der Waals surface area contributed by atoms with E-state index >= 15 is 0 Å². The Balaban J connectivity index is 2.44. The second kappa shape index (κ2) is 6.90. The third-order valence-electron chi connectivity index (χ3n) is 1.80. The number of ether oxygens (including phenoxy) is 1. The van der Waals surface area contributed by atoms with Crippen LogP contribution in [0.4, 0.5) is 0 Å². The fraction of sp³-hybridized carbons (Fsp3) is 0.364. The summed E-state index contributed by atoms with van der Waals surface area (Å²) in [5.41, 5.74) is 0.651. The molecule has 17 heavy (non-hydrogen) atoms. The lowest BCUT2D eigenvalue weighted by Gasteiger charge is -2.02. The van der Waals surface area contributed by atoms with Gasteiger partial charge in [0.15, 0.2) is 0 Å². The van der Waals surface area contributed by atoms with Crippen LogP contribution in [0.1, 0.15) is 23.1 Å². The van der Waals surface area contributed by atoms with E-state index in [9.17, 15) is 9.59 Å². The molecule has 0 aromatic carbocycles. The van der Waals surface area contributed by atoms with Gasteiger partial charge in [-0.05, 0) is 19.1 Å². The van der Waals surface area contributed by atoms with Crippen LogP contribution in [0.5, 0.6) is 0 Å². The third kappa shape index (κ3) is 4.86. The van der Waals surface area contributed by atoms with Crippen molar-refractivity contribution < 1.29 is 19.4 Å². The Morgan fingerprint density at radius 1 is 1.47 bits per heavy atom. The molecule has 1 aromatic rings. The molecular formula is C11H13NO4S. The maximum absolute atomic E-state index is 11.1. The van der Waals surface area contributed by atoms with Crippen molar-refractivity contribution in [3.8, 4) is 0 Å². The number of hydrogen-bond acceptors (Lipinski definition) is 5. The first-order valence-corrected chi connectivity index (χ1v) is 6.21. The van der Waals surface area contributed by atoms with Crippen LogP contribution in [0.3, 0.4) is 0 Å². The number of esters is 1. The molecule has 92 valence electrons. The Hall–Kier alpha value is -1.56. The second-order valence-corrected chi connectivity index (χ2v) is 4.10. The van der Waals surface area contributed by atoms with Gasteiger partial charge in [-0.1, -0.05) is 6.07 Å². The number of aromatic nitrogens is 1. The molecule has 5 nitrogen and oxygen atoms in total. The van der Waals surface area contributed by atoms with Crippen molar-refractivity contribution in [1.29, 1.82) is 0 Å². The molecule has 0 amide bonds. The van der Waals surface area contributed by atoms with Crippen LogP contribution in [-0.4, -0.2) is 34.4 Å². The Morgan fingerprint density at radius 3 is 2.88 bits per heavy atom. The predicted molar refractivity (Wildman–Crippen MR) is 64.0 cm³/mol. The smallest absolute Gasteiger partial charge is 0.354 e. The Morgan fingerprint density at radius 2 is 2.24 bits per heavy atom. The number of aromatic carboxylic acids is 1. The average molecular weight is 255 g/mol. The van der Waals surface area contributed by atoms with Crippen LogP contribution in [0.15, 0.2) is 18.2 Å². The van der Waals surface area contributed by atoms with Crippen LogP contribution in [0.2, 0.25) is 0 Å². The zero-order valence-electron chi connectivity index (χ0n) is 9.38. The number of pyridine rings is 1. The minimum atomic E-state index is -1.05. The molecule has 0 spiro atoms. The molecule has 0 radical (unpaired) electrons. The van der Waals surface area contributed by atoms with E-state index in [-0.39, 0.29) is 17.4 Å². The van der Waals surface area contributed by atoms with Gasteiger partial charge in [-0.3, -0.25) is 4.79 Å². The van der Waals surface area contributed by atoms with E-state index in [4.69, 9.17) is 9.84 Å². The van der Waals surface area contributed by atoms with Crippen LogP contribution in [0.25, 0.3) is 0 Å². The van der Waals surface area contributed by atoms with Crippen molar-refractivity contribution in [2.45, 2.75) is 12.7 Å². The third-order valence-corrected chi connectivity index (χ3v) is 2.74. The van der Waals surface area contributed by atoms with E-state index in [1.807, 2.05) is 0 Å². The van der Waals surface area contributed by atoms with Crippen molar-refractivity contribution >= 4 is 23.7 Å². The van der Waals surface area contributed by atoms with Gasteiger partial charge in [0.2, 0.25) is 0 Å². The normalized spacial score (nSPS) is 9.94. The molecule has 0 unspecified atom stereocenters. The lowest BCUT2D eigenvalue weighted by atomic mass is 10.3. The molecule has 1 heterocycles. The van der Waals surface area contributed by atoms with Crippen molar-refractivity contribution in [3.05, 3.63) is 29.6 Å². The number of hydrogen-bond donors (Lipinski definition) is 1. The van der Waals surface area contributed by atoms with Crippen LogP contribution < -0.4 is 0 Å². The summed E-state index contributed by atoms with van der Waals surface area (Å²) in [4.78, 5) is 25.7. The molecule has 0 fully saturated rings. The SMILES string of the molecule is CCOC(=O)CSCc1cccc(C(=O)O)n1. The van der Waals surface area contributed by atoms with E-state index in [2.05, 4.69) is 4.98 Å². The molecular weight excluding hydrogens is 242 g/mol. The van der Waals surface area contributed by atoms with Crippen molar-refractivity contribution in [1.82, 2.24) is 4.98 Å². The highest BCUT2D eigenvalue weighted by molar-refractivity contribution is 7.99. The van der Waals surface area contributed by atoms with E-state index in [1.54, 1.807) is 19.1 Å². The lowest BCUT2D eigenvalue weighted by Crippen LogP contribution is -2.07. The van der Waals surface area contributed by atoms with Crippen LogP contribution in [-0.2, 0) is 15.3 Å². The summed E-state index contributed by atoms with van der Waals surface area (Å²) in [6.45, 7) is 2.12. The van der Waals surface area contributed by atoms with Gasteiger partial charge in [0.25, 0.3) is 0 Å². The van der Waals surface area contributed by atoms with Gasteiger partial charge in [-0.2, -0.15) is 0 Å². The van der Waals surface area contributed by atoms with Crippen molar-refractivity contribution in [3.63, 3.8) is 0 Å². The van der Waals surface area contributed by atoms with Gasteiger partial charge in [0.1, 0.15) is 5.69 Å². The minimum Gasteiger partial charge on any atom is -0.477 e. The highest BCUT2D eigenvalue weighted by Gasteiger charge is 2.06. The number of carboxylic acids is 1. The maximum atomic E-state index is 11.1. The molecule has 1 N–H and O–H groups in total. The molecule has 0 bridgehead atoms. The largest absolute Gasteiger partial charge is 0.477 e. The molecule has 1 aromatic heterocycles. The molecule has 1 rings (SSSR count). The summed E-state index contributed by atoms with van der Waals surface area (Å²) < 4.78 is 4.77. The second-order valence-electron chi connectivity index (χ2n) is 3.12. The van der Waals surface area contributed by atoms with E-state index in [0.29, 0.717) is 18.1 Å². The fourth-order valence-corrected chi connectivity index (χ4v) is 1.84. The van der Waals surface area contributed by atoms with E-state index < -0.39 is 5.97 Å². The highest BCUT2D eigenvalue weighted by Crippen LogP contribution is 2.11. The Labute approximate surface area is 103 Å². The average Bonchev–Trinajstić information content (AvgIpc) is 2.30. The number of rotatable bonds is 6. The number of carboxylic acid groups (broad SMARTS) is 1. The van der Waals surface area contributed by atoms with Crippen molar-refractivity contribution in [2.75, 3.05) is 12.4 Å². The molecule has 0 aliphatic heterocycles. The molecule has 0 aliphatic carbocycles. The number of nitrogens with zero attached hydrogens (tertiary/aromatic N) is 1. The summed E-state index contributed by atoms with van der Waals surface area (Å²) in [5, 5.41) is 8.75. The van der Waals surface area contributed by atoms with Gasteiger partial charge in [-0.15, -0.1) is 11.8 Å². The maximum Gasteiger partial charge on any atom is 0.354 e. The number of thioether (sulfide) groups is 1. The number of carbonyl (C=O) groups excluding carboxylic acids is 1. The van der Waals surface area contributed by atoms with E-state index in [0.717, 1.165) is 0 Å². The van der Waals surface area contributed by atoms with Gasteiger partial charge >= 0.3 is 11.9 Å². The zero-order valence-corrected chi connectivity index (χ0v) is 10.2. The van der Waals surface area contributed by atoms with Gasteiger partial charge < -0.3 is 9.84 Å².